The maximum absolute atomic E-state index is 11.8. The number of hydrogen-bond donors (Lipinski definition) is 2. The molecule has 1 amide bonds. The zero-order chi connectivity index (χ0) is 15.1. The lowest BCUT2D eigenvalue weighted by atomic mass is 10.1. The number of nitrogens with one attached hydrogen (secondary N) is 1. The van der Waals surface area contributed by atoms with Crippen LogP contribution < -0.4 is 10.2 Å². The van der Waals surface area contributed by atoms with Crippen molar-refractivity contribution in [1.82, 2.24) is 15.3 Å². The number of nitrogens with zero attached hydrogens (tertiary/aromatic N) is 3. The highest BCUT2D eigenvalue weighted by molar-refractivity contribution is 5.77. The summed E-state index contributed by atoms with van der Waals surface area (Å²) < 4.78 is 0. The van der Waals surface area contributed by atoms with E-state index in [1.165, 1.54) is 0 Å². The Morgan fingerprint density at radius 2 is 2.10 bits per heavy atom. The first-order valence-electron chi connectivity index (χ1n) is 7.18. The number of aliphatic carboxylic acids is 1. The van der Waals surface area contributed by atoms with Crippen molar-refractivity contribution in [2.45, 2.75) is 38.1 Å². The highest BCUT2D eigenvalue weighted by Gasteiger charge is 2.22. The third-order valence-corrected chi connectivity index (χ3v) is 3.42. The van der Waals surface area contributed by atoms with Gasteiger partial charge in [0.2, 0.25) is 11.9 Å². The number of carboxylic acids is 1. The maximum atomic E-state index is 11.8. The molecule has 2 heterocycles. The van der Waals surface area contributed by atoms with Gasteiger partial charge in [-0.2, -0.15) is 0 Å². The van der Waals surface area contributed by atoms with Crippen LogP contribution in [-0.4, -0.2) is 46.1 Å². The molecule has 2 rings (SSSR count). The molecule has 2 N–H and O–H groups in total. The fraction of sp³-hybridized carbons (Fsp3) is 0.571. The Bertz CT molecular complexity index is 480. The van der Waals surface area contributed by atoms with Gasteiger partial charge in [-0.15, -0.1) is 0 Å². The largest absolute Gasteiger partial charge is 0.481 e. The van der Waals surface area contributed by atoms with Crippen LogP contribution in [0.2, 0.25) is 0 Å². The Labute approximate surface area is 123 Å². The molecule has 1 aromatic heterocycles. The SMILES string of the molecule is O=C(O)CCCC(=O)NC1CCCN(c2ncccn2)C1. The first kappa shape index (κ1) is 15.2. The van der Waals surface area contributed by atoms with Gasteiger partial charge in [0.15, 0.2) is 0 Å². The van der Waals surface area contributed by atoms with Gasteiger partial charge in [-0.1, -0.05) is 0 Å². The van der Waals surface area contributed by atoms with Crippen molar-refractivity contribution >= 4 is 17.8 Å². The van der Waals surface area contributed by atoms with Crippen LogP contribution in [0.4, 0.5) is 5.95 Å². The van der Waals surface area contributed by atoms with E-state index in [2.05, 4.69) is 20.2 Å². The average molecular weight is 292 g/mol. The number of carbonyl (C=O) groups is 2. The summed E-state index contributed by atoms with van der Waals surface area (Å²) in [6.45, 7) is 1.57. The normalized spacial score (nSPS) is 18.3. The third kappa shape index (κ3) is 5.02. The first-order valence-corrected chi connectivity index (χ1v) is 7.18. The van der Waals surface area contributed by atoms with E-state index in [4.69, 9.17) is 5.11 Å². The van der Waals surface area contributed by atoms with Crippen molar-refractivity contribution in [1.29, 1.82) is 0 Å². The number of hydrogen-bond acceptors (Lipinski definition) is 5. The monoisotopic (exact) mass is 292 g/mol. The van der Waals surface area contributed by atoms with E-state index in [1.807, 2.05) is 0 Å². The lowest BCUT2D eigenvalue weighted by molar-refractivity contribution is -0.137. The molecule has 0 bridgehead atoms. The van der Waals surface area contributed by atoms with Crippen LogP contribution in [-0.2, 0) is 9.59 Å². The van der Waals surface area contributed by atoms with Gasteiger partial charge in [0, 0.05) is 44.4 Å². The van der Waals surface area contributed by atoms with Gasteiger partial charge in [-0.3, -0.25) is 9.59 Å². The molecule has 0 spiro atoms. The van der Waals surface area contributed by atoms with Crippen LogP contribution in [0.25, 0.3) is 0 Å². The molecule has 7 heteroatoms. The van der Waals surface area contributed by atoms with Crippen molar-refractivity contribution in [3.05, 3.63) is 18.5 Å². The topological polar surface area (TPSA) is 95.4 Å². The second kappa shape index (κ2) is 7.56. The van der Waals surface area contributed by atoms with E-state index in [-0.39, 0.29) is 24.8 Å². The van der Waals surface area contributed by atoms with Crippen molar-refractivity contribution in [2.75, 3.05) is 18.0 Å². The Morgan fingerprint density at radius 1 is 1.33 bits per heavy atom. The van der Waals surface area contributed by atoms with Crippen molar-refractivity contribution < 1.29 is 14.7 Å². The minimum absolute atomic E-state index is 0.0298. The zero-order valence-corrected chi connectivity index (χ0v) is 11.9. The standard InChI is InChI=1S/C14H20N4O3/c19-12(5-1-6-13(20)21)17-11-4-2-9-18(10-11)14-15-7-3-8-16-14/h3,7-8,11H,1-2,4-6,9-10H2,(H,17,19)(H,20,21). The Kier molecular flexibility index (Phi) is 5.48. The quantitative estimate of drug-likeness (QED) is 0.806. The van der Waals surface area contributed by atoms with E-state index >= 15 is 0 Å². The first-order chi connectivity index (χ1) is 10.1. The van der Waals surface area contributed by atoms with E-state index in [1.54, 1.807) is 18.5 Å². The summed E-state index contributed by atoms with van der Waals surface area (Å²) in [5.74, 6) is -0.271. The molecule has 1 atom stereocenters. The molecule has 0 aliphatic carbocycles. The number of amides is 1. The number of aromatic nitrogens is 2. The van der Waals surface area contributed by atoms with Gasteiger partial charge in [-0.25, -0.2) is 9.97 Å². The van der Waals surface area contributed by atoms with Crippen molar-refractivity contribution in [3.8, 4) is 0 Å². The van der Waals surface area contributed by atoms with Gasteiger partial charge >= 0.3 is 5.97 Å². The molecule has 7 nitrogen and oxygen atoms in total. The van der Waals surface area contributed by atoms with Gasteiger partial charge in [0.05, 0.1) is 0 Å². The minimum Gasteiger partial charge on any atom is -0.481 e. The van der Waals surface area contributed by atoms with Gasteiger partial charge in [0.25, 0.3) is 0 Å². The van der Waals surface area contributed by atoms with Crippen molar-refractivity contribution in [2.24, 2.45) is 0 Å². The maximum Gasteiger partial charge on any atom is 0.303 e. The van der Waals surface area contributed by atoms with Crippen molar-refractivity contribution in [3.63, 3.8) is 0 Å². The lowest BCUT2D eigenvalue weighted by Gasteiger charge is -2.33. The van der Waals surface area contributed by atoms with E-state index in [0.29, 0.717) is 18.9 Å². The molecule has 0 saturated carbocycles. The predicted molar refractivity (Wildman–Crippen MR) is 76.9 cm³/mol. The predicted octanol–water partition coefficient (Wildman–Crippen LogP) is 0.816. The van der Waals surface area contributed by atoms with Gasteiger partial charge < -0.3 is 15.3 Å². The van der Waals surface area contributed by atoms with Gasteiger partial charge in [-0.05, 0) is 25.3 Å². The van der Waals surface area contributed by atoms with E-state index in [9.17, 15) is 9.59 Å². The van der Waals surface area contributed by atoms with Crippen LogP contribution in [0.5, 0.6) is 0 Å². The van der Waals surface area contributed by atoms with E-state index in [0.717, 1.165) is 19.4 Å². The minimum atomic E-state index is -0.868. The fourth-order valence-electron chi connectivity index (χ4n) is 2.43. The molecule has 1 fully saturated rings. The average Bonchev–Trinajstić information content (AvgIpc) is 2.48. The number of carboxylic acid groups (broad SMARTS) is 1. The second-order valence-electron chi connectivity index (χ2n) is 5.15. The number of anilines is 1. The summed E-state index contributed by atoms with van der Waals surface area (Å²) in [6.07, 6.45) is 5.96. The van der Waals surface area contributed by atoms with Crippen LogP contribution in [0.3, 0.4) is 0 Å². The summed E-state index contributed by atoms with van der Waals surface area (Å²) in [6, 6.07) is 1.84. The summed E-state index contributed by atoms with van der Waals surface area (Å²) in [5.41, 5.74) is 0. The summed E-state index contributed by atoms with van der Waals surface area (Å²) in [7, 11) is 0. The molecule has 21 heavy (non-hydrogen) atoms. The highest BCUT2D eigenvalue weighted by Crippen LogP contribution is 2.15. The Balaban J connectivity index is 1.79. The fourth-order valence-corrected chi connectivity index (χ4v) is 2.43. The Morgan fingerprint density at radius 3 is 2.81 bits per heavy atom. The summed E-state index contributed by atoms with van der Waals surface area (Å²) in [5, 5.41) is 11.5. The third-order valence-electron chi connectivity index (χ3n) is 3.42. The molecule has 1 aromatic rings. The number of rotatable bonds is 6. The molecule has 0 aromatic carbocycles. The van der Waals surface area contributed by atoms with E-state index < -0.39 is 5.97 Å². The highest BCUT2D eigenvalue weighted by atomic mass is 16.4. The summed E-state index contributed by atoms with van der Waals surface area (Å²) >= 11 is 0. The van der Waals surface area contributed by atoms with Crippen LogP contribution >= 0.6 is 0 Å². The van der Waals surface area contributed by atoms with Crippen LogP contribution in [0, 0.1) is 0 Å². The molecule has 114 valence electrons. The molecule has 1 saturated heterocycles. The molecule has 1 aliphatic heterocycles. The zero-order valence-electron chi connectivity index (χ0n) is 11.9. The van der Waals surface area contributed by atoms with Crippen LogP contribution in [0.15, 0.2) is 18.5 Å². The van der Waals surface area contributed by atoms with Gasteiger partial charge in [0.1, 0.15) is 0 Å². The number of piperidine rings is 1. The number of carbonyl (C=O) groups excluding carboxylic acids is 1. The molecular formula is C14H20N4O3. The van der Waals surface area contributed by atoms with Crippen LogP contribution in [0.1, 0.15) is 32.1 Å². The molecule has 1 aliphatic rings. The smallest absolute Gasteiger partial charge is 0.303 e. The molecule has 0 radical (unpaired) electrons. The second-order valence-corrected chi connectivity index (χ2v) is 5.15. The summed E-state index contributed by atoms with van der Waals surface area (Å²) in [4.78, 5) is 32.7. The molecule has 1 unspecified atom stereocenters. The lowest BCUT2D eigenvalue weighted by Crippen LogP contribution is -2.48. The Hall–Kier alpha value is -2.18. The molecular weight excluding hydrogens is 272 g/mol.